The van der Waals surface area contributed by atoms with E-state index >= 15 is 0 Å². The van der Waals surface area contributed by atoms with Gasteiger partial charge in [-0.3, -0.25) is 4.68 Å². The Morgan fingerprint density at radius 2 is 2.05 bits per heavy atom. The summed E-state index contributed by atoms with van der Waals surface area (Å²) < 4.78 is 3.89. The van der Waals surface area contributed by atoms with Crippen LogP contribution in [-0.4, -0.2) is 30.1 Å². The lowest BCUT2D eigenvalue weighted by Gasteiger charge is -2.21. The molecule has 0 amide bonds. The molecule has 2 rings (SSSR count). The molecule has 104 valence electrons. The molecule has 6 heteroatoms. The summed E-state index contributed by atoms with van der Waals surface area (Å²) in [7, 11) is 1.87. The molecule has 1 N–H and O–H groups in total. The average Bonchev–Trinajstić information content (AvgIpc) is 2.85. The summed E-state index contributed by atoms with van der Waals surface area (Å²) in [5, 5.41) is 11.6. The maximum absolute atomic E-state index is 4.39. The first kappa shape index (κ1) is 13.7. The van der Waals surface area contributed by atoms with E-state index in [4.69, 9.17) is 0 Å². The molecule has 6 nitrogen and oxygen atoms in total. The SMILES string of the molecule is Cc1ncc(CNC(C)(C)C)n1Cc1cn(C)nn1. The summed E-state index contributed by atoms with van der Waals surface area (Å²) in [5.41, 5.74) is 2.20. The van der Waals surface area contributed by atoms with E-state index in [1.54, 1.807) is 4.68 Å². The van der Waals surface area contributed by atoms with Crippen LogP contribution in [0, 0.1) is 6.92 Å². The van der Waals surface area contributed by atoms with Crippen LogP contribution in [0.15, 0.2) is 12.4 Å². The van der Waals surface area contributed by atoms with Gasteiger partial charge in [0.25, 0.3) is 0 Å². The minimum absolute atomic E-state index is 0.0928. The van der Waals surface area contributed by atoms with Crippen LogP contribution in [0.3, 0.4) is 0 Å². The zero-order valence-corrected chi connectivity index (χ0v) is 12.3. The topological polar surface area (TPSA) is 60.6 Å². The third-order valence-corrected chi connectivity index (χ3v) is 2.91. The summed E-state index contributed by atoms with van der Waals surface area (Å²) >= 11 is 0. The summed E-state index contributed by atoms with van der Waals surface area (Å²) in [4.78, 5) is 4.39. The fourth-order valence-electron chi connectivity index (χ4n) is 1.86. The van der Waals surface area contributed by atoms with Crippen LogP contribution in [0.25, 0.3) is 0 Å². The van der Waals surface area contributed by atoms with Crippen molar-refractivity contribution >= 4 is 0 Å². The average molecular weight is 262 g/mol. The van der Waals surface area contributed by atoms with E-state index in [0.29, 0.717) is 6.54 Å². The first-order valence-corrected chi connectivity index (χ1v) is 6.46. The molecule has 0 aliphatic heterocycles. The van der Waals surface area contributed by atoms with Gasteiger partial charge in [0.2, 0.25) is 0 Å². The van der Waals surface area contributed by atoms with Crippen LogP contribution in [0.5, 0.6) is 0 Å². The number of aromatic nitrogens is 5. The zero-order chi connectivity index (χ0) is 14.0. The Morgan fingerprint density at radius 3 is 2.63 bits per heavy atom. The minimum Gasteiger partial charge on any atom is -0.325 e. The molecule has 0 saturated carbocycles. The van der Waals surface area contributed by atoms with Gasteiger partial charge in [0, 0.05) is 31.5 Å². The van der Waals surface area contributed by atoms with E-state index in [-0.39, 0.29) is 5.54 Å². The molecule has 0 radical (unpaired) electrons. The van der Waals surface area contributed by atoms with Gasteiger partial charge in [0.15, 0.2) is 0 Å². The molecule has 19 heavy (non-hydrogen) atoms. The Kier molecular flexibility index (Phi) is 3.71. The van der Waals surface area contributed by atoms with Gasteiger partial charge >= 0.3 is 0 Å². The van der Waals surface area contributed by atoms with Gasteiger partial charge in [-0.1, -0.05) is 5.21 Å². The zero-order valence-electron chi connectivity index (χ0n) is 12.3. The van der Waals surface area contributed by atoms with E-state index in [2.05, 4.69) is 46.0 Å². The van der Waals surface area contributed by atoms with Gasteiger partial charge in [0.05, 0.1) is 12.2 Å². The molecular formula is C13H22N6. The van der Waals surface area contributed by atoms with Crippen LogP contribution in [0.4, 0.5) is 0 Å². The van der Waals surface area contributed by atoms with Crippen molar-refractivity contribution in [2.75, 3.05) is 0 Å². The molecule has 0 aliphatic carbocycles. The number of aryl methyl sites for hydroxylation is 2. The van der Waals surface area contributed by atoms with E-state index in [9.17, 15) is 0 Å². The third kappa shape index (κ3) is 3.64. The van der Waals surface area contributed by atoms with Crippen LogP contribution >= 0.6 is 0 Å². The second kappa shape index (κ2) is 5.13. The predicted octanol–water partition coefficient (Wildman–Crippen LogP) is 1.26. The molecule has 2 heterocycles. The summed E-state index contributed by atoms with van der Waals surface area (Å²) in [6.07, 6.45) is 3.85. The van der Waals surface area contributed by atoms with Gasteiger partial charge in [0.1, 0.15) is 11.5 Å². The predicted molar refractivity (Wildman–Crippen MR) is 73.7 cm³/mol. The molecule has 0 spiro atoms. The molecule has 0 unspecified atom stereocenters. The summed E-state index contributed by atoms with van der Waals surface area (Å²) in [6, 6.07) is 0. The maximum Gasteiger partial charge on any atom is 0.106 e. The van der Waals surface area contributed by atoms with Crippen molar-refractivity contribution in [3.05, 3.63) is 29.6 Å². The van der Waals surface area contributed by atoms with Crippen molar-refractivity contribution in [3.63, 3.8) is 0 Å². The van der Waals surface area contributed by atoms with Gasteiger partial charge in [-0.2, -0.15) is 0 Å². The Balaban J connectivity index is 2.13. The number of hydrogen-bond donors (Lipinski definition) is 1. The van der Waals surface area contributed by atoms with Crippen molar-refractivity contribution in [1.82, 2.24) is 29.9 Å². The quantitative estimate of drug-likeness (QED) is 0.901. The standard InChI is InChI=1S/C13H22N6/c1-10-14-6-12(7-15-13(2,3)4)19(10)9-11-8-18(5)17-16-11/h6,8,15H,7,9H2,1-5H3. The molecule has 0 fully saturated rings. The lowest BCUT2D eigenvalue weighted by molar-refractivity contribution is 0.416. The molecular weight excluding hydrogens is 240 g/mol. The van der Waals surface area contributed by atoms with Crippen molar-refractivity contribution in [1.29, 1.82) is 0 Å². The Hall–Kier alpha value is -1.69. The van der Waals surface area contributed by atoms with Crippen LogP contribution in [0.1, 0.15) is 38.0 Å². The Bertz CT molecular complexity index is 546. The van der Waals surface area contributed by atoms with E-state index in [1.807, 2.05) is 26.4 Å². The number of imidazole rings is 1. The maximum atomic E-state index is 4.39. The third-order valence-electron chi connectivity index (χ3n) is 2.91. The largest absolute Gasteiger partial charge is 0.325 e. The Labute approximate surface area is 113 Å². The fourth-order valence-corrected chi connectivity index (χ4v) is 1.86. The van der Waals surface area contributed by atoms with Crippen LogP contribution in [0.2, 0.25) is 0 Å². The first-order chi connectivity index (χ1) is 8.85. The van der Waals surface area contributed by atoms with Crippen LogP contribution in [-0.2, 0) is 20.1 Å². The minimum atomic E-state index is 0.0928. The van der Waals surface area contributed by atoms with Crippen LogP contribution < -0.4 is 5.32 Å². The smallest absolute Gasteiger partial charge is 0.106 e. The molecule has 2 aromatic heterocycles. The Morgan fingerprint density at radius 1 is 1.32 bits per heavy atom. The second-order valence-electron chi connectivity index (χ2n) is 5.87. The van der Waals surface area contributed by atoms with E-state index in [0.717, 1.165) is 23.8 Å². The lowest BCUT2D eigenvalue weighted by Crippen LogP contribution is -2.35. The molecule has 2 aromatic rings. The molecule has 0 saturated heterocycles. The van der Waals surface area contributed by atoms with Crippen molar-refractivity contribution in [2.24, 2.45) is 7.05 Å². The highest BCUT2D eigenvalue weighted by Gasteiger charge is 2.13. The number of rotatable bonds is 4. The van der Waals surface area contributed by atoms with Gasteiger partial charge < -0.3 is 9.88 Å². The van der Waals surface area contributed by atoms with Crippen molar-refractivity contribution in [3.8, 4) is 0 Å². The summed E-state index contributed by atoms with van der Waals surface area (Å²) in [6.45, 7) is 9.98. The molecule has 0 atom stereocenters. The summed E-state index contributed by atoms with van der Waals surface area (Å²) in [5.74, 6) is 0.997. The highest BCUT2D eigenvalue weighted by atomic mass is 15.4. The van der Waals surface area contributed by atoms with Gasteiger partial charge in [-0.15, -0.1) is 5.10 Å². The lowest BCUT2D eigenvalue weighted by atomic mass is 10.1. The number of hydrogen-bond acceptors (Lipinski definition) is 4. The van der Waals surface area contributed by atoms with Gasteiger partial charge in [-0.25, -0.2) is 4.98 Å². The second-order valence-corrected chi connectivity index (χ2v) is 5.87. The monoisotopic (exact) mass is 262 g/mol. The van der Waals surface area contributed by atoms with E-state index in [1.165, 1.54) is 0 Å². The molecule has 0 aromatic carbocycles. The fraction of sp³-hybridized carbons (Fsp3) is 0.615. The first-order valence-electron chi connectivity index (χ1n) is 6.46. The molecule has 0 aliphatic rings. The molecule has 0 bridgehead atoms. The van der Waals surface area contributed by atoms with E-state index < -0.39 is 0 Å². The number of nitrogens with one attached hydrogen (secondary N) is 1. The van der Waals surface area contributed by atoms with Crippen molar-refractivity contribution < 1.29 is 0 Å². The van der Waals surface area contributed by atoms with Gasteiger partial charge in [-0.05, 0) is 27.7 Å². The number of nitrogens with zero attached hydrogens (tertiary/aromatic N) is 5. The highest BCUT2D eigenvalue weighted by Crippen LogP contribution is 2.09. The highest BCUT2D eigenvalue weighted by molar-refractivity contribution is 5.08. The van der Waals surface area contributed by atoms with Crippen molar-refractivity contribution in [2.45, 2.75) is 46.3 Å². The normalized spacial score (nSPS) is 12.1.